The van der Waals surface area contributed by atoms with Crippen molar-refractivity contribution < 1.29 is 5.11 Å². The van der Waals surface area contributed by atoms with Crippen LogP contribution in [0.1, 0.15) is 32.3 Å². The van der Waals surface area contributed by atoms with Crippen LogP contribution in [0.5, 0.6) is 0 Å². The smallest absolute Gasteiger partial charge is 0.137 e. The van der Waals surface area contributed by atoms with Crippen LogP contribution in [0.4, 0.5) is 0 Å². The van der Waals surface area contributed by atoms with E-state index in [1.807, 2.05) is 12.1 Å². The molecule has 1 N–H and O–H groups in total. The van der Waals surface area contributed by atoms with Crippen LogP contribution < -0.4 is 0 Å². The van der Waals surface area contributed by atoms with E-state index in [2.05, 4.69) is 36.1 Å². The number of benzene rings is 1. The fourth-order valence-electron chi connectivity index (χ4n) is 4.10. The van der Waals surface area contributed by atoms with Gasteiger partial charge in [-0.1, -0.05) is 37.6 Å². The summed E-state index contributed by atoms with van der Waals surface area (Å²) in [5, 5.41) is 16.5. The van der Waals surface area contributed by atoms with Gasteiger partial charge in [0.15, 0.2) is 0 Å². The van der Waals surface area contributed by atoms with Gasteiger partial charge in [0.25, 0.3) is 0 Å². The highest BCUT2D eigenvalue weighted by molar-refractivity contribution is 6.30. The second-order valence-electron chi connectivity index (χ2n) is 7.04. The molecule has 3 rings (SSSR count). The molecule has 3 atom stereocenters. The van der Waals surface area contributed by atoms with Gasteiger partial charge in [-0.3, -0.25) is 4.68 Å². The van der Waals surface area contributed by atoms with Crippen LogP contribution in [0.15, 0.2) is 36.9 Å². The van der Waals surface area contributed by atoms with Crippen molar-refractivity contribution in [2.24, 2.45) is 17.8 Å². The fraction of sp³-hybridized carbons (Fsp3) is 0.556. The molecule has 1 heterocycles. The molecule has 1 aromatic heterocycles. The maximum Gasteiger partial charge on any atom is 0.137 e. The molecule has 0 aliphatic heterocycles. The molecule has 0 amide bonds. The Balaban J connectivity index is 1.83. The first-order valence-corrected chi connectivity index (χ1v) is 8.66. The van der Waals surface area contributed by atoms with Crippen LogP contribution in [0.3, 0.4) is 0 Å². The van der Waals surface area contributed by atoms with E-state index < -0.39 is 5.60 Å². The normalized spacial score (nSPS) is 27.7. The Labute approximate surface area is 142 Å². The summed E-state index contributed by atoms with van der Waals surface area (Å²) < 4.78 is 1.76. The maximum absolute atomic E-state index is 11.6. The molecule has 0 saturated heterocycles. The quantitative estimate of drug-likeness (QED) is 0.909. The van der Waals surface area contributed by atoms with Crippen molar-refractivity contribution in [2.45, 2.75) is 45.3 Å². The van der Waals surface area contributed by atoms with Crippen molar-refractivity contribution in [3.05, 3.63) is 47.5 Å². The third kappa shape index (κ3) is 3.43. The SMILES string of the molecule is CC(C)[C@H]1CC[C@@H](Cc2ccc(Cl)cc2)[C@]1(O)Cn1cncn1. The van der Waals surface area contributed by atoms with Crippen molar-refractivity contribution in [3.8, 4) is 0 Å². The third-order valence-corrected chi connectivity index (χ3v) is 5.51. The van der Waals surface area contributed by atoms with Crippen molar-refractivity contribution in [1.29, 1.82) is 0 Å². The van der Waals surface area contributed by atoms with E-state index in [4.69, 9.17) is 11.6 Å². The van der Waals surface area contributed by atoms with Gasteiger partial charge in [-0.15, -0.1) is 0 Å². The van der Waals surface area contributed by atoms with E-state index in [-0.39, 0.29) is 11.8 Å². The molecule has 0 unspecified atom stereocenters. The minimum atomic E-state index is -0.749. The summed E-state index contributed by atoms with van der Waals surface area (Å²) >= 11 is 5.98. The zero-order chi connectivity index (χ0) is 16.4. The van der Waals surface area contributed by atoms with Gasteiger partial charge in [0.1, 0.15) is 12.7 Å². The summed E-state index contributed by atoms with van der Waals surface area (Å²) in [5.74, 6) is 0.947. The first-order valence-electron chi connectivity index (χ1n) is 8.28. The van der Waals surface area contributed by atoms with Crippen LogP contribution in [0.25, 0.3) is 0 Å². The van der Waals surface area contributed by atoms with E-state index in [9.17, 15) is 5.11 Å². The van der Waals surface area contributed by atoms with E-state index >= 15 is 0 Å². The van der Waals surface area contributed by atoms with E-state index in [0.29, 0.717) is 12.5 Å². The summed E-state index contributed by atoms with van der Waals surface area (Å²) in [6, 6.07) is 7.95. The largest absolute Gasteiger partial charge is 0.387 e. The number of hydrogen-bond donors (Lipinski definition) is 1. The van der Waals surface area contributed by atoms with Gasteiger partial charge in [-0.05, 0) is 54.7 Å². The highest BCUT2D eigenvalue weighted by atomic mass is 35.5. The number of hydrogen-bond acceptors (Lipinski definition) is 3. The lowest BCUT2D eigenvalue weighted by molar-refractivity contribution is -0.0667. The van der Waals surface area contributed by atoms with Crippen LogP contribution in [0, 0.1) is 17.8 Å². The first kappa shape index (κ1) is 16.5. The lowest BCUT2D eigenvalue weighted by atomic mass is 9.76. The monoisotopic (exact) mass is 333 g/mol. The lowest BCUT2D eigenvalue weighted by Gasteiger charge is -2.37. The predicted molar refractivity (Wildman–Crippen MR) is 91.2 cm³/mol. The molecule has 23 heavy (non-hydrogen) atoms. The molecule has 1 aliphatic carbocycles. The molecule has 0 spiro atoms. The van der Waals surface area contributed by atoms with Crippen molar-refractivity contribution in [1.82, 2.24) is 14.8 Å². The van der Waals surface area contributed by atoms with Crippen molar-refractivity contribution >= 4 is 11.6 Å². The summed E-state index contributed by atoms with van der Waals surface area (Å²) in [7, 11) is 0. The molecule has 0 radical (unpaired) electrons. The molecule has 1 aliphatic rings. The minimum absolute atomic E-state index is 0.222. The zero-order valence-corrected chi connectivity index (χ0v) is 14.4. The Morgan fingerprint density at radius 1 is 1.30 bits per heavy atom. The van der Waals surface area contributed by atoms with E-state index in [1.165, 1.54) is 11.9 Å². The standard InChI is InChI=1S/C18H24ClN3O/c1-13(2)17-8-5-15(9-14-3-6-16(19)7-4-14)18(17,23)10-22-12-20-11-21-22/h3-4,6-7,11-13,15,17,23H,5,8-10H2,1-2H3/t15-,17+,18+/m0/s1. The summed E-state index contributed by atoms with van der Waals surface area (Å²) in [4.78, 5) is 4.01. The molecule has 0 bridgehead atoms. The number of halogens is 1. The molecule has 2 aromatic rings. The summed E-state index contributed by atoms with van der Waals surface area (Å²) in [6.45, 7) is 4.90. The van der Waals surface area contributed by atoms with Gasteiger partial charge in [0.2, 0.25) is 0 Å². The minimum Gasteiger partial charge on any atom is -0.387 e. The summed E-state index contributed by atoms with van der Waals surface area (Å²) in [6.07, 6.45) is 6.17. The summed E-state index contributed by atoms with van der Waals surface area (Å²) in [5.41, 5.74) is 0.474. The Morgan fingerprint density at radius 2 is 2.04 bits per heavy atom. The maximum atomic E-state index is 11.6. The Morgan fingerprint density at radius 3 is 2.65 bits per heavy atom. The van der Waals surface area contributed by atoms with Gasteiger partial charge in [0, 0.05) is 5.02 Å². The number of aromatic nitrogens is 3. The lowest BCUT2D eigenvalue weighted by Crippen LogP contribution is -2.46. The van der Waals surface area contributed by atoms with Gasteiger partial charge in [-0.25, -0.2) is 4.98 Å². The topological polar surface area (TPSA) is 50.9 Å². The van der Waals surface area contributed by atoms with Crippen LogP contribution in [-0.4, -0.2) is 25.5 Å². The van der Waals surface area contributed by atoms with Gasteiger partial charge in [0.05, 0.1) is 12.1 Å². The average Bonchev–Trinajstić information content (AvgIpc) is 3.10. The Hall–Kier alpha value is -1.39. The second kappa shape index (κ2) is 6.62. The Kier molecular flexibility index (Phi) is 4.74. The van der Waals surface area contributed by atoms with Crippen LogP contribution >= 0.6 is 11.6 Å². The molecular weight excluding hydrogens is 310 g/mol. The predicted octanol–water partition coefficient (Wildman–Crippen LogP) is 3.59. The van der Waals surface area contributed by atoms with Crippen molar-refractivity contribution in [2.75, 3.05) is 0 Å². The van der Waals surface area contributed by atoms with Crippen LogP contribution in [-0.2, 0) is 13.0 Å². The highest BCUT2D eigenvalue weighted by Gasteiger charge is 2.50. The van der Waals surface area contributed by atoms with Crippen LogP contribution in [0.2, 0.25) is 5.02 Å². The number of rotatable bonds is 5. The molecule has 1 aromatic carbocycles. The second-order valence-corrected chi connectivity index (χ2v) is 7.48. The van der Waals surface area contributed by atoms with Gasteiger partial charge >= 0.3 is 0 Å². The molecule has 5 heteroatoms. The molecular formula is C18H24ClN3O. The van der Waals surface area contributed by atoms with Gasteiger partial charge < -0.3 is 5.11 Å². The third-order valence-electron chi connectivity index (χ3n) is 5.26. The van der Waals surface area contributed by atoms with Gasteiger partial charge in [-0.2, -0.15) is 5.10 Å². The Bertz CT molecular complexity index is 626. The molecule has 4 nitrogen and oxygen atoms in total. The molecule has 1 fully saturated rings. The fourth-order valence-corrected chi connectivity index (χ4v) is 4.22. The van der Waals surface area contributed by atoms with E-state index in [0.717, 1.165) is 24.3 Å². The highest BCUT2D eigenvalue weighted by Crippen LogP contribution is 2.46. The molecule has 124 valence electrons. The first-order chi connectivity index (χ1) is 11.0. The average molecular weight is 334 g/mol. The van der Waals surface area contributed by atoms with Crippen molar-refractivity contribution in [3.63, 3.8) is 0 Å². The van der Waals surface area contributed by atoms with E-state index in [1.54, 1.807) is 11.0 Å². The molecule has 1 saturated carbocycles. The zero-order valence-electron chi connectivity index (χ0n) is 13.7. The number of nitrogens with zero attached hydrogens (tertiary/aromatic N) is 3. The number of aliphatic hydroxyl groups is 1.